The van der Waals surface area contributed by atoms with Crippen LogP contribution in [0.1, 0.15) is 17.5 Å². The summed E-state index contributed by atoms with van der Waals surface area (Å²) in [7, 11) is 0. The van der Waals surface area contributed by atoms with E-state index in [1.807, 2.05) is 37.4 Å². The number of hydrogen-bond donors (Lipinski definition) is 0. The predicted octanol–water partition coefficient (Wildman–Crippen LogP) is 2.33. The number of benzene rings is 1. The summed E-state index contributed by atoms with van der Waals surface area (Å²) in [5.74, 6) is 0. The molecule has 2 nitrogen and oxygen atoms in total. The van der Waals surface area contributed by atoms with Gasteiger partial charge in [-0.3, -0.25) is 4.99 Å². The van der Waals surface area contributed by atoms with Crippen molar-refractivity contribution in [2.45, 2.75) is 13.3 Å². The van der Waals surface area contributed by atoms with E-state index >= 15 is 0 Å². The van der Waals surface area contributed by atoms with Crippen LogP contribution in [0.5, 0.6) is 0 Å². The van der Waals surface area contributed by atoms with Crippen molar-refractivity contribution in [3.8, 4) is 6.07 Å². The molecule has 0 fully saturated rings. The van der Waals surface area contributed by atoms with E-state index in [-0.39, 0.29) is 0 Å². The Labute approximate surface area is 78.5 Å². The number of hydrogen-bond acceptors (Lipinski definition) is 2. The molecule has 0 bridgehead atoms. The van der Waals surface area contributed by atoms with Gasteiger partial charge in [0.05, 0.1) is 19.0 Å². The molecule has 0 heterocycles. The van der Waals surface area contributed by atoms with E-state index in [9.17, 15) is 0 Å². The molecule has 1 aromatic carbocycles. The Morgan fingerprint density at radius 3 is 2.92 bits per heavy atom. The standard InChI is InChI=1S/C11H12N2/c1-10-5-2-3-6-11(10)9-13-8-4-7-12/h2-3,5-6,9H,4,8H2,1H3. The van der Waals surface area contributed by atoms with Gasteiger partial charge in [0.15, 0.2) is 0 Å². The monoisotopic (exact) mass is 172 g/mol. The fourth-order valence-corrected chi connectivity index (χ4v) is 1.01. The summed E-state index contributed by atoms with van der Waals surface area (Å²) < 4.78 is 0. The fourth-order valence-electron chi connectivity index (χ4n) is 1.01. The Morgan fingerprint density at radius 2 is 2.23 bits per heavy atom. The van der Waals surface area contributed by atoms with Gasteiger partial charge in [0.2, 0.25) is 0 Å². The van der Waals surface area contributed by atoms with E-state index < -0.39 is 0 Å². The minimum absolute atomic E-state index is 0.488. The fraction of sp³-hybridized carbons (Fsp3) is 0.273. The molecule has 0 amide bonds. The second-order valence-electron chi connectivity index (χ2n) is 2.80. The predicted molar refractivity (Wildman–Crippen MR) is 53.9 cm³/mol. The zero-order chi connectivity index (χ0) is 9.52. The number of nitrogens with zero attached hydrogens (tertiary/aromatic N) is 2. The van der Waals surface area contributed by atoms with Gasteiger partial charge < -0.3 is 0 Å². The van der Waals surface area contributed by atoms with Crippen molar-refractivity contribution in [2.75, 3.05) is 6.54 Å². The summed E-state index contributed by atoms with van der Waals surface area (Å²) in [5, 5.41) is 8.29. The number of aliphatic imine (C=N–C) groups is 1. The average molecular weight is 172 g/mol. The molecule has 0 unspecified atom stereocenters. The van der Waals surface area contributed by atoms with Crippen LogP contribution in [0.2, 0.25) is 0 Å². The van der Waals surface area contributed by atoms with E-state index in [2.05, 4.69) is 11.1 Å². The zero-order valence-corrected chi connectivity index (χ0v) is 7.70. The summed E-state index contributed by atoms with van der Waals surface area (Å²) in [6.45, 7) is 2.64. The topological polar surface area (TPSA) is 36.1 Å². The molecular formula is C11H12N2. The summed E-state index contributed by atoms with van der Waals surface area (Å²) in [5.41, 5.74) is 2.34. The summed E-state index contributed by atoms with van der Waals surface area (Å²) in [6, 6.07) is 10.1. The van der Waals surface area contributed by atoms with Crippen LogP contribution in [0, 0.1) is 18.3 Å². The summed E-state index contributed by atoms with van der Waals surface area (Å²) in [4.78, 5) is 4.14. The van der Waals surface area contributed by atoms with E-state index in [1.165, 1.54) is 5.56 Å². The maximum absolute atomic E-state index is 8.29. The lowest BCUT2D eigenvalue weighted by atomic mass is 10.1. The Bertz CT molecular complexity index is 334. The van der Waals surface area contributed by atoms with Crippen molar-refractivity contribution in [3.05, 3.63) is 35.4 Å². The van der Waals surface area contributed by atoms with Gasteiger partial charge in [-0.15, -0.1) is 0 Å². The Morgan fingerprint density at radius 1 is 1.46 bits per heavy atom. The van der Waals surface area contributed by atoms with Gasteiger partial charge in [0.1, 0.15) is 0 Å². The van der Waals surface area contributed by atoms with E-state index in [0.29, 0.717) is 13.0 Å². The molecular weight excluding hydrogens is 160 g/mol. The highest BCUT2D eigenvalue weighted by Crippen LogP contribution is 2.03. The van der Waals surface area contributed by atoms with Gasteiger partial charge in [-0.05, 0) is 18.1 Å². The van der Waals surface area contributed by atoms with Gasteiger partial charge in [-0.1, -0.05) is 24.3 Å². The SMILES string of the molecule is Cc1ccccc1C=NCCC#N. The second-order valence-corrected chi connectivity index (χ2v) is 2.80. The summed E-state index contributed by atoms with van der Waals surface area (Å²) in [6.07, 6.45) is 2.31. The van der Waals surface area contributed by atoms with Crippen LogP contribution in [0.15, 0.2) is 29.3 Å². The van der Waals surface area contributed by atoms with Crippen molar-refractivity contribution in [3.63, 3.8) is 0 Å². The normalized spacial score (nSPS) is 10.2. The van der Waals surface area contributed by atoms with Gasteiger partial charge in [0, 0.05) is 6.21 Å². The lowest BCUT2D eigenvalue weighted by molar-refractivity contribution is 1.02. The maximum atomic E-state index is 8.29. The third kappa shape index (κ3) is 3.08. The minimum atomic E-state index is 0.488. The molecule has 1 aromatic rings. The molecule has 0 N–H and O–H groups in total. The molecule has 13 heavy (non-hydrogen) atoms. The Balaban J connectivity index is 2.59. The van der Waals surface area contributed by atoms with Gasteiger partial charge in [-0.25, -0.2) is 0 Å². The highest BCUT2D eigenvalue weighted by Gasteiger charge is 1.90. The third-order valence-corrected chi connectivity index (χ3v) is 1.77. The quantitative estimate of drug-likeness (QED) is 0.509. The highest BCUT2D eigenvalue weighted by atomic mass is 14.7. The van der Waals surface area contributed by atoms with E-state index in [4.69, 9.17) is 5.26 Å². The molecule has 66 valence electrons. The Hall–Kier alpha value is -1.62. The smallest absolute Gasteiger partial charge is 0.0641 e. The minimum Gasteiger partial charge on any atom is -0.291 e. The second kappa shape index (κ2) is 5.10. The first kappa shape index (κ1) is 9.47. The molecule has 0 radical (unpaired) electrons. The zero-order valence-electron chi connectivity index (χ0n) is 7.70. The van der Waals surface area contributed by atoms with Crippen molar-refractivity contribution >= 4 is 6.21 Å². The van der Waals surface area contributed by atoms with E-state index in [1.54, 1.807) is 0 Å². The third-order valence-electron chi connectivity index (χ3n) is 1.77. The maximum Gasteiger partial charge on any atom is 0.0641 e. The van der Waals surface area contributed by atoms with Gasteiger partial charge in [0.25, 0.3) is 0 Å². The molecule has 0 atom stereocenters. The van der Waals surface area contributed by atoms with Gasteiger partial charge >= 0.3 is 0 Å². The Kier molecular flexibility index (Phi) is 3.72. The molecule has 0 aromatic heterocycles. The van der Waals surface area contributed by atoms with E-state index in [0.717, 1.165) is 5.56 Å². The van der Waals surface area contributed by atoms with Crippen molar-refractivity contribution in [1.82, 2.24) is 0 Å². The first-order valence-corrected chi connectivity index (χ1v) is 4.27. The van der Waals surface area contributed by atoms with Crippen molar-refractivity contribution in [2.24, 2.45) is 4.99 Å². The summed E-state index contributed by atoms with van der Waals surface area (Å²) >= 11 is 0. The molecule has 0 aliphatic rings. The lowest BCUT2D eigenvalue weighted by Crippen LogP contribution is -1.87. The van der Waals surface area contributed by atoms with Crippen molar-refractivity contribution in [1.29, 1.82) is 5.26 Å². The molecule has 0 aliphatic carbocycles. The van der Waals surface area contributed by atoms with Crippen LogP contribution < -0.4 is 0 Å². The highest BCUT2D eigenvalue weighted by molar-refractivity contribution is 5.81. The number of rotatable bonds is 3. The molecule has 0 spiro atoms. The largest absolute Gasteiger partial charge is 0.291 e. The molecule has 0 saturated carbocycles. The molecule has 0 aliphatic heterocycles. The van der Waals surface area contributed by atoms with Crippen LogP contribution in [0.25, 0.3) is 0 Å². The van der Waals surface area contributed by atoms with Crippen molar-refractivity contribution < 1.29 is 0 Å². The molecule has 2 heteroatoms. The van der Waals surface area contributed by atoms with Crippen LogP contribution in [-0.2, 0) is 0 Å². The first-order valence-electron chi connectivity index (χ1n) is 4.27. The lowest BCUT2D eigenvalue weighted by Gasteiger charge is -1.96. The van der Waals surface area contributed by atoms with Crippen LogP contribution in [0.4, 0.5) is 0 Å². The molecule has 1 rings (SSSR count). The molecule has 0 saturated heterocycles. The van der Waals surface area contributed by atoms with Crippen LogP contribution in [0.3, 0.4) is 0 Å². The number of nitriles is 1. The first-order chi connectivity index (χ1) is 6.34. The van der Waals surface area contributed by atoms with Gasteiger partial charge in [-0.2, -0.15) is 5.26 Å². The number of aryl methyl sites for hydroxylation is 1. The average Bonchev–Trinajstić information content (AvgIpc) is 2.15. The van der Waals surface area contributed by atoms with Crippen LogP contribution >= 0.6 is 0 Å². The van der Waals surface area contributed by atoms with Crippen LogP contribution in [-0.4, -0.2) is 12.8 Å².